The largest absolute Gasteiger partial charge is 0.392 e. The fourth-order valence-corrected chi connectivity index (χ4v) is 3.01. The summed E-state index contributed by atoms with van der Waals surface area (Å²) in [5.41, 5.74) is 0.906. The van der Waals surface area contributed by atoms with Crippen LogP contribution in [0.2, 0.25) is 0 Å². The number of carbonyl (C=O) groups is 1. The van der Waals surface area contributed by atoms with E-state index in [9.17, 15) is 14.3 Å². The Balaban J connectivity index is 1.91. The smallest absolute Gasteiger partial charge is 0.236 e. The third-order valence-corrected chi connectivity index (χ3v) is 4.32. The molecule has 0 saturated carbocycles. The van der Waals surface area contributed by atoms with Gasteiger partial charge in [0, 0.05) is 19.6 Å². The van der Waals surface area contributed by atoms with E-state index in [1.165, 1.54) is 12.1 Å². The highest BCUT2D eigenvalue weighted by Gasteiger charge is 2.28. The second kappa shape index (κ2) is 7.70. The molecule has 5 heteroatoms. The van der Waals surface area contributed by atoms with Gasteiger partial charge in [-0.15, -0.1) is 0 Å². The standard InChI is InChI=1S/C17H25FN2O2/c1-13(21)16-5-3-4-10-20(16)12-17(22)19(2)11-14-6-8-15(18)9-7-14/h6-9,13,16,21H,3-5,10-12H2,1-2H3/t13-,16+/m0/s1. The van der Waals surface area contributed by atoms with Crippen molar-refractivity contribution >= 4 is 5.91 Å². The molecule has 2 rings (SSSR count). The SMILES string of the molecule is C[C@H](O)[C@H]1CCCCN1CC(=O)N(C)Cc1ccc(F)cc1. The van der Waals surface area contributed by atoms with Gasteiger partial charge in [-0.2, -0.15) is 0 Å². The van der Waals surface area contributed by atoms with Gasteiger partial charge in [0.05, 0.1) is 12.6 Å². The van der Waals surface area contributed by atoms with Crippen molar-refractivity contribution in [2.45, 2.75) is 44.9 Å². The van der Waals surface area contributed by atoms with Crippen molar-refractivity contribution in [2.24, 2.45) is 0 Å². The van der Waals surface area contributed by atoms with Crippen LogP contribution in [0.5, 0.6) is 0 Å². The predicted octanol–water partition coefficient (Wildman–Crippen LogP) is 2.02. The summed E-state index contributed by atoms with van der Waals surface area (Å²) in [4.78, 5) is 16.1. The van der Waals surface area contributed by atoms with Gasteiger partial charge in [-0.3, -0.25) is 9.69 Å². The number of aliphatic hydroxyl groups is 1. The lowest BCUT2D eigenvalue weighted by Gasteiger charge is -2.37. The molecule has 1 saturated heterocycles. The zero-order chi connectivity index (χ0) is 16.1. The quantitative estimate of drug-likeness (QED) is 0.905. The first-order chi connectivity index (χ1) is 10.5. The molecule has 1 fully saturated rings. The van der Waals surface area contributed by atoms with Gasteiger partial charge in [0.1, 0.15) is 5.82 Å². The van der Waals surface area contributed by atoms with Crippen molar-refractivity contribution in [1.82, 2.24) is 9.80 Å². The number of likely N-dealkylation sites (tertiary alicyclic amines) is 1. The van der Waals surface area contributed by atoms with Crippen molar-refractivity contribution < 1.29 is 14.3 Å². The maximum atomic E-state index is 12.9. The fraction of sp³-hybridized carbons (Fsp3) is 0.588. The maximum absolute atomic E-state index is 12.9. The van der Waals surface area contributed by atoms with Gasteiger partial charge in [-0.05, 0) is 44.0 Å². The van der Waals surface area contributed by atoms with Crippen molar-refractivity contribution in [1.29, 1.82) is 0 Å². The van der Waals surface area contributed by atoms with Crippen LogP contribution in [0.1, 0.15) is 31.7 Å². The van der Waals surface area contributed by atoms with E-state index >= 15 is 0 Å². The first kappa shape index (κ1) is 16.9. The van der Waals surface area contributed by atoms with Crippen LogP contribution in [-0.4, -0.2) is 53.1 Å². The summed E-state index contributed by atoms with van der Waals surface area (Å²) in [5, 5.41) is 9.86. The number of nitrogens with zero attached hydrogens (tertiary/aromatic N) is 2. The molecule has 4 nitrogen and oxygen atoms in total. The highest BCUT2D eigenvalue weighted by atomic mass is 19.1. The number of likely N-dealkylation sites (N-methyl/N-ethyl adjacent to an activating group) is 1. The highest BCUT2D eigenvalue weighted by Crippen LogP contribution is 2.19. The zero-order valence-corrected chi connectivity index (χ0v) is 13.3. The Morgan fingerprint density at radius 1 is 1.41 bits per heavy atom. The molecule has 1 heterocycles. The molecule has 0 aromatic heterocycles. The van der Waals surface area contributed by atoms with Gasteiger partial charge in [-0.1, -0.05) is 18.6 Å². The first-order valence-electron chi connectivity index (χ1n) is 7.88. The highest BCUT2D eigenvalue weighted by molar-refractivity contribution is 5.78. The second-order valence-corrected chi connectivity index (χ2v) is 6.15. The second-order valence-electron chi connectivity index (χ2n) is 6.15. The van der Waals surface area contributed by atoms with E-state index in [0.717, 1.165) is 31.4 Å². The van der Waals surface area contributed by atoms with Crippen molar-refractivity contribution in [3.63, 3.8) is 0 Å². The van der Waals surface area contributed by atoms with Crippen LogP contribution < -0.4 is 0 Å². The minimum Gasteiger partial charge on any atom is -0.392 e. The molecule has 2 atom stereocenters. The number of benzene rings is 1. The van der Waals surface area contributed by atoms with Crippen LogP contribution in [0.3, 0.4) is 0 Å². The van der Waals surface area contributed by atoms with E-state index < -0.39 is 6.10 Å². The minimum absolute atomic E-state index is 0.0249. The van der Waals surface area contributed by atoms with Crippen LogP contribution in [0.25, 0.3) is 0 Å². The van der Waals surface area contributed by atoms with Gasteiger partial charge in [0.25, 0.3) is 0 Å². The first-order valence-corrected chi connectivity index (χ1v) is 7.88. The number of amides is 1. The molecule has 122 valence electrons. The number of carbonyl (C=O) groups excluding carboxylic acids is 1. The fourth-order valence-electron chi connectivity index (χ4n) is 3.01. The van der Waals surface area contributed by atoms with E-state index in [2.05, 4.69) is 4.90 Å². The predicted molar refractivity (Wildman–Crippen MR) is 83.8 cm³/mol. The van der Waals surface area contributed by atoms with E-state index in [0.29, 0.717) is 13.1 Å². The van der Waals surface area contributed by atoms with Gasteiger partial charge >= 0.3 is 0 Å². The Hall–Kier alpha value is -1.46. The van der Waals surface area contributed by atoms with Gasteiger partial charge < -0.3 is 10.0 Å². The third kappa shape index (κ3) is 4.52. The Morgan fingerprint density at radius 3 is 2.73 bits per heavy atom. The van der Waals surface area contributed by atoms with E-state index in [1.807, 2.05) is 0 Å². The molecule has 0 radical (unpaired) electrons. The summed E-state index contributed by atoms with van der Waals surface area (Å²) >= 11 is 0. The number of halogens is 1. The van der Waals surface area contributed by atoms with Crippen LogP contribution >= 0.6 is 0 Å². The number of hydrogen-bond acceptors (Lipinski definition) is 3. The van der Waals surface area contributed by atoms with E-state index in [-0.39, 0.29) is 17.8 Å². The van der Waals surface area contributed by atoms with Crippen LogP contribution in [0.15, 0.2) is 24.3 Å². The molecule has 0 spiro atoms. The number of piperidine rings is 1. The molecular weight excluding hydrogens is 283 g/mol. The molecule has 1 aliphatic rings. The topological polar surface area (TPSA) is 43.8 Å². The molecule has 1 aromatic rings. The number of hydrogen-bond donors (Lipinski definition) is 1. The Morgan fingerprint density at radius 2 is 2.09 bits per heavy atom. The molecule has 0 bridgehead atoms. The third-order valence-electron chi connectivity index (χ3n) is 4.32. The lowest BCUT2D eigenvalue weighted by molar-refractivity contribution is -0.133. The summed E-state index contributed by atoms with van der Waals surface area (Å²) in [7, 11) is 1.76. The monoisotopic (exact) mass is 308 g/mol. The Kier molecular flexibility index (Phi) is 5.91. The molecule has 1 aliphatic heterocycles. The normalized spacial score (nSPS) is 20.6. The summed E-state index contributed by atoms with van der Waals surface area (Å²) in [6.45, 7) is 3.43. The van der Waals surface area contributed by atoms with Crippen LogP contribution in [0.4, 0.5) is 4.39 Å². The van der Waals surface area contributed by atoms with Gasteiger partial charge in [-0.25, -0.2) is 4.39 Å². The number of rotatable bonds is 5. The van der Waals surface area contributed by atoms with Crippen LogP contribution in [0, 0.1) is 5.82 Å². The zero-order valence-electron chi connectivity index (χ0n) is 13.3. The molecule has 0 unspecified atom stereocenters. The summed E-state index contributed by atoms with van der Waals surface area (Å²) in [5.74, 6) is -0.248. The Labute approximate surface area is 131 Å². The molecular formula is C17H25FN2O2. The average molecular weight is 308 g/mol. The minimum atomic E-state index is -0.421. The lowest BCUT2D eigenvalue weighted by Crippen LogP contribution is -2.49. The molecule has 1 N–H and O–H groups in total. The van der Waals surface area contributed by atoms with Crippen LogP contribution in [-0.2, 0) is 11.3 Å². The molecule has 1 amide bonds. The summed E-state index contributed by atoms with van der Waals surface area (Å²) < 4.78 is 12.9. The van der Waals surface area contributed by atoms with E-state index in [1.54, 1.807) is 31.0 Å². The van der Waals surface area contributed by atoms with Crippen molar-refractivity contribution in [3.8, 4) is 0 Å². The summed E-state index contributed by atoms with van der Waals surface area (Å²) in [6, 6.07) is 6.26. The molecule has 1 aromatic carbocycles. The van der Waals surface area contributed by atoms with Gasteiger partial charge in [0.2, 0.25) is 5.91 Å². The lowest BCUT2D eigenvalue weighted by atomic mass is 9.98. The molecule has 22 heavy (non-hydrogen) atoms. The Bertz CT molecular complexity index is 490. The van der Waals surface area contributed by atoms with Crippen molar-refractivity contribution in [2.75, 3.05) is 20.1 Å². The number of aliphatic hydroxyl groups excluding tert-OH is 1. The van der Waals surface area contributed by atoms with Crippen molar-refractivity contribution in [3.05, 3.63) is 35.6 Å². The maximum Gasteiger partial charge on any atom is 0.236 e. The van der Waals surface area contributed by atoms with Gasteiger partial charge in [0.15, 0.2) is 0 Å². The molecule has 0 aliphatic carbocycles. The summed E-state index contributed by atoms with van der Waals surface area (Å²) in [6.07, 6.45) is 2.69. The average Bonchev–Trinajstić information content (AvgIpc) is 2.49. The van der Waals surface area contributed by atoms with E-state index in [4.69, 9.17) is 0 Å².